The first kappa shape index (κ1) is 24.1. The van der Waals surface area contributed by atoms with Crippen LogP contribution in [0.25, 0.3) is 17.3 Å². The number of hydrogen-bond donors (Lipinski definition) is 3. The van der Waals surface area contributed by atoms with Gasteiger partial charge >= 0.3 is 0 Å². The second kappa shape index (κ2) is 11.9. The lowest BCUT2D eigenvalue weighted by molar-refractivity contribution is -0.111. The van der Waals surface area contributed by atoms with E-state index in [1.807, 2.05) is 54.6 Å². The zero-order valence-corrected chi connectivity index (χ0v) is 20.1. The number of aromatic nitrogens is 4. The van der Waals surface area contributed by atoms with Gasteiger partial charge in [-0.2, -0.15) is 0 Å². The topological polar surface area (TPSA) is 114 Å². The van der Waals surface area contributed by atoms with Crippen molar-refractivity contribution in [2.24, 2.45) is 0 Å². The van der Waals surface area contributed by atoms with Crippen molar-refractivity contribution in [2.75, 3.05) is 23.8 Å². The largest absolute Gasteiger partial charge is 0.373 e. The molecule has 4 aromatic rings. The summed E-state index contributed by atoms with van der Waals surface area (Å²) in [5.74, 6) is 0.173. The van der Waals surface area contributed by atoms with E-state index in [2.05, 4.69) is 31.7 Å². The number of ether oxygens (including phenoxy) is 2. The molecule has 186 valence electrons. The number of anilines is 3. The standard InChI is InChI=1S/C28H26N6O3/c35-27(7-6-23-16-29-19-31-23)32-24-13-21-14-25(15-24)33-28-30-9-8-26(34-28)22-5-3-4-20(12-22)17-36-10-1-2-11-37-18-21/h1-9,12-16,19H,10-11,17-18H2,(H,29,31)(H,32,35)(H,30,33,34)/b2-1+,7-6+. The Bertz CT molecular complexity index is 1420. The van der Waals surface area contributed by atoms with Crippen molar-refractivity contribution in [1.82, 2.24) is 19.9 Å². The minimum atomic E-state index is -0.269. The number of aromatic amines is 1. The number of nitrogens with zero attached hydrogens (tertiary/aromatic N) is 3. The van der Waals surface area contributed by atoms with E-state index in [9.17, 15) is 4.79 Å². The van der Waals surface area contributed by atoms with Gasteiger partial charge in [-0.05, 0) is 47.5 Å². The molecule has 9 nitrogen and oxygen atoms in total. The van der Waals surface area contributed by atoms with Crippen LogP contribution in [0, 0.1) is 0 Å². The Morgan fingerprint density at radius 2 is 1.86 bits per heavy atom. The van der Waals surface area contributed by atoms with Crippen LogP contribution in [0.5, 0.6) is 0 Å². The summed E-state index contributed by atoms with van der Waals surface area (Å²) in [6, 6.07) is 15.6. The highest BCUT2D eigenvalue weighted by Gasteiger charge is 2.08. The molecule has 1 amide bonds. The van der Waals surface area contributed by atoms with Crippen LogP contribution in [-0.4, -0.2) is 39.1 Å². The number of hydrogen-bond acceptors (Lipinski definition) is 7. The molecule has 0 spiro atoms. The van der Waals surface area contributed by atoms with Gasteiger partial charge in [0.2, 0.25) is 11.9 Å². The second-order valence-electron chi connectivity index (χ2n) is 8.34. The number of carbonyl (C=O) groups is 1. The molecule has 0 unspecified atom stereocenters. The first-order valence-electron chi connectivity index (χ1n) is 11.8. The van der Waals surface area contributed by atoms with Crippen molar-refractivity contribution in [3.05, 3.63) is 102 Å². The molecule has 0 aliphatic carbocycles. The number of amides is 1. The van der Waals surface area contributed by atoms with Crippen molar-refractivity contribution in [3.8, 4) is 11.3 Å². The lowest BCUT2D eigenvalue weighted by Crippen LogP contribution is -2.09. The average molecular weight is 495 g/mol. The van der Waals surface area contributed by atoms with Gasteiger partial charge in [-0.25, -0.2) is 15.0 Å². The number of H-pyrrole nitrogens is 1. The summed E-state index contributed by atoms with van der Waals surface area (Å²) >= 11 is 0. The molecule has 5 rings (SSSR count). The number of rotatable bonds is 3. The highest BCUT2D eigenvalue weighted by molar-refractivity contribution is 6.02. The van der Waals surface area contributed by atoms with Gasteiger partial charge in [0, 0.05) is 29.2 Å². The number of imidazole rings is 1. The first-order chi connectivity index (χ1) is 18.2. The average Bonchev–Trinajstić information content (AvgIpc) is 3.43. The van der Waals surface area contributed by atoms with Gasteiger partial charge in [-0.15, -0.1) is 0 Å². The van der Waals surface area contributed by atoms with Gasteiger partial charge < -0.3 is 25.1 Å². The van der Waals surface area contributed by atoms with E-state index in [0.29, 0.717) is 38.1 Å². The Kier molecular flexibility index (Phi) is 7.75. The molecule has 3 heterocycles. The predicted octanol–water partition coefficient (Wildman–Crippen LogP) is 4.87. The quantitative estimate of drug-likeness (QED) is 0.275. The molecule has 1 aliphatic heterocycles. The van der Waals surface area contributed by atoms with E-state index in [4.69, 9.17) is 14.5 Å². The fourth-order valence-electron chi connectivity index (χ4n) is 3.78. The minimum Gasteiger partial charge on any atom is -0.373 e. The third-order valence-electron chi connectivity index (χ3n) is 5.46. The zero-order chi connectivity index (χ0) is 25.3. The zero-order valence-electron chi connectivity index (χ0n) is 20.1. The highest BCUT2D eigenvalue weighted by atomic mass is 16.5. The number of nitrogens with one attached hydrogen (secondary N) is 3. The Labute approximate surface area is 214 Å². The molecule has 0 radical (unpaired) electrons. The summed E-state index contributed by atoms with van der Waals surface area (Å²) in [6.45, 7) is 1.80. The van der Waals surface area contributed by atoms with Gasteiger partial charge in [-0.3, -0.25) is 4.79 Å². The summed E-state index contributed by atoms with van der Waals surface area (Å²) in [5.41, 5.74) is 5.79. The number of carbonyl (C=O) groups excluding carboxylic acids is 1. The van der Waals surface area contributed by atoms with Crippen LogP contribution in [0.4, 0.5) is 17.3 Å². The summed E-state index contributed by atoms with van der Waals surface area (Å²) < 4.78 is 11.6. The van der Waals surface area contributed by atoms with Crippen LogP contribution >= 0.6 is 0 Å². The van der Waals surface area contributed by atoms with E-state index < -0.39 is 0 Å². The lowest BCUT2D eigenvalue weighted by atomic mass is 10.1. The fourth-order valence-corrected chi connectivity index (χ4v) is 3.78. The molecule has 0 saturated carbocycles. The molecule has 0 fully saturated rings. The van der Waals surface area contributed by atoms with Crippen LogP contribution in [0.1, 0.15) is 16.8 Å². The Morgan fingerprint density at radius 3 is 2.70 bits per heavy atom. The molecule has 1 aliphatic rings. The lowest BCUT2D eigenvalue weighted by Gasteiger charge is -2.13. The summed E-state index contributed by atoms with van der Waals surface area (Å²) in [7, 11) is 0. The molecule has 37 heavy (non-hydrogen) atoms. The van der Waals surface area contributed by atoms with Gasteiger partial charge in [0.1, 0.15) is 0 Å². The minimum absolute atomic E-state index is 0.269. The maximum atomic E-state index is 12.5. The molecule has 9 heteroatoms. The van der Waals surface area contributed by atoms with Crippen molar-refractivity contribution in [2.45, 2.75) is 13.2 Å². The number of benzene rings is 2. The molecule has 0 atom stereocenters. The van der Waals surface area contributed by atoms with Crippen LogP contribution < -0.4 is 10.6 Å². The van der Waals surface area contributed by atoms with E-state index in [1.54, 1.807) is 24.8 Å². The summed E-state index contributed by atoms with van der Waals surface area (Å²) in [4.78, 5) is 28.5. The molecule has 3 N–H and O–H groups in total. The summed E-state index contributed by atoms with van der Waals surface area (Å²) in [6.07, 6.45) is 11.9. The van der Waals surface area contributed by atoms with Crippen LogP contribution in [0.15, 0.2) is 85.5 Å². The predicted molar refractivity (Wildman–Crippen MR) is 142 cm³/mol. The van der Waals surface area contributed by atoms with E-state index in [1.165, 1.54) is 6.08 Å². The van der Waals surface area contributed by atoms with Crippen LogP contribution in [0.2, 0.25) is 0 Å². The third-order valence-corrected chi connectivity index (χ3v) is 5.46. The SMILES string of the molecule is O=C(/C=C/c1cnc[nH]1)Nc1cc2cc(c1)Nc1nccc(n1)-c1cccc(c1)COC/C=C/COC2. The van der Waals surface area contributed by atoms with Crippen molar-refractivity contribution in [1.29, 1.82) is 0 Å². The summed E-state index contributed by atoms with van der Waals surface area (Å²) in [5, 5.41) is 6.17. The maximum Gasteiger partial charge on any atom is 0.248 e. The normalized spacial score (nSPS) is 14.8. The van der Waals surface area contributed by atoms with E-state index >= 15 is 0 Å². The van der Waals surface area contributed by atoms with Crippen molar-refractivity contribution < 1.29 is 14.3 Å². The van der Waals surface area contributed by atoms with E-state index in [0.717, 1.165) is 33.8 Å². The fraction of sp³-hybridized carbons (Fsp3) is 0.143. The molecular formula is C28H26N6O3. The maximum absolute atomic E-state index is 12.5. The van der Waals surface area contributed by atoms with Gasteiger partial charge in [0.05, 0.1) is 50.3 Å². The first-order valence-corrected chi connectivity index (χ1v) is 11.8. The third kappa shape index (κ3) is 6.97. The Hall–Kier alpha value is -4.60. The highest BCUT2D eigenvalue weighted by Crippen LogP contribution is 2.24. The van der Waals surface area contributed by atoms with Crippen LogP contribution in [0.3, 0.4) is 0 Å². The second-order valence-corrected chi connectivity index (χ2v) is 8.34. The molecule has 6 bridgehead atoms. The monoisotopic (exact) mass is 494 g/mol. The Morgan fingerprint density at radius 1 is 1.00 bits per heavy atom. The van der Waals surface area contributed by atoms with Crippen LogP contribution in [-0.2, 0) is 27.5 Å². The smallest absolute Gasteiger partial charge is 0.248 e. The molecule has 2 aromatic heterocycles. The van der Waals surface area contributed by atoms with Gasteiger partial charge in [-0.1, -0.05) is 30.4 Å². The van der Waals surface area contributed by atoms with E-state index in [-0.39, 0.29) is 5.91 Å². The van der Waals surface area contributed by atoms with Gasteiger partial charge in [0.15, 0.2) is 0 Å². The van der Waals surface area contributed by atoms with Gasteiger partial charge in [0.25, 0.3) is 0 Å². The Balaban J connectivity index is 1.42. The molecule has 0 saturated heterocycles. The van der Waals surface area contributed by atoms with Crippen molar-refractivity contribution >= 4 is 29.3 Å². The molecule has 2 aromatic carbocycles. The number of fused-ring (bicyclic) bond motifs is 7. The molecular weight excluding hydrogens is 468 g/mol. The van der Waals surface area contributed by atoms with Crippen molar-refractivity contribution in [3.63, 3.8) is 0 Å².